The standard InChI is InChI=1S/C18H30BrN3O5SSi/c1-18(2,3)28(26)22-14(12-8-7-9-13(19)20-12)15(16(23)24)21-17(25)27-10-11-29(4,5)6/h7-9,14-15,22H,10-11H2,1-6H3,(H,21,25)(H,23,24)/t14-,15+,28+/m1/s1. The normalized spacial score (nSPS) is 15.3. The number of carboxylic acids is 1. The molecule has 0 spiro atoms. The summed E-state index contributed by atoms with van der Waals surface area (Å²) < 4.78 is 20.5. The number of ether oxygens (including phenoxy) is 1. The summed E-state index contributed by atoms with van der Waals surface area (Å²) in [6.45, 7) is 11.9. The van der Waals surface area contributed by atoms with Crippen molar-refractivity contribution in [3.63, 3.8) is 0 Å². The summed E-state index contributed by atoms with van der Waals surface area (Å²) >= 11 is 3.26. The van der Waals surface area contributed by atoms with E-state index >= 15 is 0 Å². The third-order valence-corrected chi connectivity index (χ3v) is 7.53. The molecular weight excluding hydrogens is 478 g/mol. The average molecular weight is 509 g/mol. The SMILES string of the molecule is CC(C)(C)[S@](=O)N[C@H](c1cccc(Br)n1)[C@H](NC(=O)OCC[Si](C)(C)C)C(=O)O. The number of carbonyl (C=O) groups excluding carboxylic acids is 1. The van der Waals surface area contributed by atoms with E-state index in [1.807, 2.05) is 0 Å². The van der Waals surface area contributed by atoms with Crippen molar-refractivity contribution in [3.8, 4) is 0 Å². The maximum atomic E-state index is 12.7. The zero-order chi connectivity index (χ0) is 22.4. The minimum atomic E-state index is -1.60. The molecular formula is C18H30BrN3O5SSi. The van der Waals surface area contributed by atoms with E-state index in [-0.39, 0.29) is 6.61 Å². The topological polar surface area (TPSA) is 118 Å². The molecule has 8 nitrogen and oxygen atoms in total. The van der Waals surface area contributed by atoms with Gasteiger partial charge in [0.25, 0.3) is 0 Å². The Balaban J connectivity index is 3.08. The van der Waals surface area contributed by atoms with E-state index in [2.05, 4.69) is 50.6 Å². The van der Waals surface area contributed by atoms with Crippen molar-refractivity contribution in [2.75, 3.05) is 6.61 Å². The monoisotopic (exact) mass is 507 g/mol. The zero-order valence-electron chi connectivity index (χ0n) is 17.6. The number of alkyl carbamates (subject to hydrolysis) is 1. The first-order chi connectivity index (χ1) is 13.2. The molecule has 0 aliphatic carbocycles. The molecule has 0 aliphatic heterocycles. The Morgan fingerprint density at radius 1 is 1.31 bits per heavy atom. The number of pyridine rings is 1. The Labute approximate surface area is 183 Å². The van der Waals surface area contributed by atoms with Crippen molar-refractivity contribution in [2.45, 2.75) is 63.3 Å². The fraction of sp³-hybridized carbons (Fsp3) is 0.611. The van der Waals surface area contributed by atoms with Crippen LogP contribution in [0.15, 0.2) is 22.8 Å². The third kappa shape index (κ3) is 9.37. The van der Waals surface area contributed by atoms with Gasteiger partial charge in [-0.15, -0.1) is 0 Å². The molecule has 0 fully saturated rings. The molecule has 0 saturated carbocycles. The number of carboxylic acid groups (broad SMARTS) is 1. The van der Waals surface area contributed by atoms with Gasteiger partial charge in [0, 0.05) is 8.07 Å². The molecule has 11 heteroatoms. The Kier molecular flexibility index (Phi) is 9.44. The van der Waals surface area contributed by atoms with Crippen LogP contribution in [0.25, 0.3) is 0 Å². The predicted octanol–water partition coefficient (Wildman–Crippen LogP) is 3.45. The van der Waals surface area contributed by atoms with Gasteiger partial charge in [-0.05, 0) is 54.9 Å². The molecule has 1 amide bonds. The first-order valence-corrected chi connectivity index (χ1v) is 14.8. The van der Waals surface area contributed by atoms with E-state index in [1.165, 1.54) is 0 Å². The summed E-state index contributed by atoms with van der Waals surface area (Å²) in [6, 6.07) is 3.29. The van der Waals surface area contributed by atoms with E-state index < -0.39 is 48.0 Å². The second-order valence-electron chi connectivity index (χ2n) is 8.77. The van der Waals surface area contributed by atoms with Gasteiger partial charge in [-0.3, -0.25) is 0 Å². The molecule has 0 aromatic carbocycles. The number of carbonyl (C=O) groups is 2. The number of aliphatic carboxylic acids is 1. The fourth-order valence-corrected chi connectivity index (χ4v) is 4.01. The van der Waals surface area contributed by atoms with E-state index in [0.717, 1.165) is 6.04 Å². The molecule has 3 atom stereocenters. The summed E-state index contributed by atoms with van der Waals surface area (Å²) in [7, 11) is -3.00. The van der Waals surface area contributed by atoms with Crippen molar-refractivity contribution in [1.82, 2.24) is 15.0 Å². The lowest BCUT2D eigenvalue weighted by molar-refractivity contribution is -0.140. The van der Waals surface area contributed by atoms with E-state index in [1.54, 1.807) is 39.0 Å². The number of nitrogens with zero attached hydrogens (tertiary/aromatic N) is 1. The van der Waals surface area contributed by atoms with Gasteiger partial charge in [0.2, 0.25) is 0 Å². The molecule has 0 aliphatic rings. The first-order valence-electron chi connectivity index (χ1n) is 9.17. The van der Waals surface area contributed by atoms with Crippen LogP contribution in [0.2, 0.25) is 25.7 Å². The van der Waals surface area contributed by atoms with Gasteiger partial charge < -0.3 is 15.2 Å². The Bertz CT molecular complexity index is 752. The van der Waals surface area contributed by atoms with Gasteiger partial charge in [0.1, 0.15) is 4.60 Å². The van der Waals surface area contributed by atoms with Gasteiger partial charge in [0.05, 0.1) is 34.1 Å². The smallest absolute Gasteiger partial charge is 0.407 e. The first kappa shape index (κ1) is 25.7. The van der Waals surface area contributed by atoms with Gasteiger partial charge in [-0.25, -0.2) is 23.5 Å². The van der Waals surface area contributed by atoms with E-state index in [4.69, 9.17) is 4.74 Å². The summed E-state index contributed by atoms with van der Waals surface area (Å²) in [5, 5.41) is 12.1. The molecule has 1 rings (SSSR count). The van der Waals surface area contributed by atoms with Crippen molar-refractivity contribution >= 4 is 47.1 Å². The number of rotatable bonds is 9. The molecule has 0 unspecified atom stereocenters. The highest BCUT2D eigenvalue weighted by Gasteiger charge is 2.36. The number of halogens is 1. The van der Waals surface area contributed by atoms with Crippen LogP contribution in [0.3, 0.4) is 0 Å². The van der Waals surface area contributed by atoms with Crippen molar-refractivity contribution in [1.29, 1.82) is 0 Å². The number of amides is 1. The maximum absolute atomic E-state index is 12.7. The molecule has 29 heavy (non-hydrogen) atoms. The van der Waals surface area contributed by atoms with Crippen molar-refractivity contribution < 1.29 is 23.6 Å². The lowest BCUT2D eigenvalue weighted by Crippen LogP contribution is -2.51. The highest BCUT2D eigenvalue weighted by atomic mass is 79.9. The highest BCUT2D eigenvalue weighted by Crippen LogP contribution is 2.21. The number of nitrogens with one attached hydrogen (secondary N) is 2. The second kappa shape index (κ2) is 10.6. The molecule has 0 radical (unpaired) electrons. The summed E-state index contributed by atoms with van der Waals surface area (Å²) in [6.07, 6.45) is -0.834. The average Bonchev–Trinajstić information content (AvgIpc) is 2.55. The summed E-state index contributed by atoms with van der Waals surface area (Å²) in [4.78, 5) is 28.5. The number of hydrogen-bond acceptors (Lipinski definition) is 5. The van der Waals surface area contributed by atoms with Crippen LogP contribution in [-0.4, -0.2) is 51.8 Å². The fourth-order valence-electron chi connectivity index (χ4n) is 2.09. The van der Waals surface area contributed by atoms with Crippen molar-refractivity contribution in [2.24, 2.45) is 0 Å². The maximum Gasteiger partial charge on any atom is 0.407 e. The van der Waals surface area contributed by atoms with Crippen LogP contribution in [0.5, 0.6) is 0 Å². The molecule has 0 saturated heterocycles. The summed E-state index contributed by atoms with van der Waals surface area (Å²) in [5.74, 6) is -1.29. The van der Waals surface area contributed by atoms with Gasteiger partial charge in [-0.1, -0.05) is 25.7 Å². The summed E-state index contributed by atoms with van der Waals surface area (Å²) in [5.41, 5.74) is 0.326. The van der Waals surface area contributed by atoms with Gasteiger partial charge in [-0.2, -0.15) is 0 Å². The van der Waals surface area contributed by atoms with Crippen LogP contribution in [0, 0.1) is 0 Å². The Morgan fingerprint density at radius 2 is 1.93 bits per heavy atom. The molecule has 3 N–H and O–H groups in total. The lowest BCUT2D eigenvalue weighted by atomic mass is 10.1. The second-order valence-corrected chi connectivity index (χ2v) is 17.2. The van der Waals surface area contributed by atoms with E-state index in [0.29, 0.717) is 10.3 Å². The van der Waals surface area contributed by atoms with Crippen LogP contribution in [-0.2, 0) is 20.5 Å². The zero-order valence-corrected chi connectivity index (χ0v) is 21.0. The highest BCUT2D eigenvalue weighted by molar-refractivity contribution is 9.10. The Morgan fingerprint density at radius 3 is 2.41 bits per heavy atom. The minimum Gasteiger partial charge on any atom is -0.480 e. The van der Waals surface area contributed by atoms with E-state index in [9.17, 15) is 18.9 Å². The van der Waals surface area contributed by atoms with Crippen LogP contribution >= 0.6 is 15.9 Å². The van der Waals surface area contributed by atoms with Gasteiger partial charge in [0.15, 0.2) is 6.04 Å². The lowest BCUT2D eigenvalue weighted by Gasteiger charge is -2.28. The largest absolute Gasteiger partial charge is 0.480 e. The van der Waals surface area contributed by atoms with Crippen LogP contribution in [0.4, 0.5) is 4.79 Å². The van der Waals surface area contributed by atoms with Crippen LogP contribution < -0.4 is 10.0 Å². The molecule has 1 aromatic heterocycles. The predicted molar refractivity (Wildman–Crippen MR) is 120 cm³/mol. The Hall–Kier alpha value is -1.30. The third-order valence-electron chi connectivity index (χ3n) is 3.80. The minimum absolute atomic E-state index is 0.217. The number of aromatic nitrogens is 1. The molecule has 164 valence electrons. The van der Waals surface area contributed by atoms with Crippen LogP contribution in [0.1, 0.15) is 32.5 Å². The molecule has 1 heterocycles. The molecule has 1 aromatic rings. The number of hydrogen-bond donors (Lipinski definition) is 3. The quantitative estimate of drug-likeness (QED) is 0.348. The van der Waals surface area contributed by atoms with Crippen molar-refractivity contribution in [3.05, 3.63) is 28.5 Å². The van der Waals surface area contributed by atoms with Gasteiger partial charge >= 0.3 is 12.1 Å². The molecule has 0 bridgehead atoms.